The third-order valence-electron chi connectivity index (χ3n) is 3.19. The maximum Gasteiger partial charge on any atom is 1.00 e. The third kappa shape index (κ3) is 4.41. The minimum Gasteiger partial charge on any atom is -0.543 e. The molecule has 120 valence electrons. The van der Waals surface area contributed by atoms with Crippen LogP contribution in [0.2, 0.25) is 0 Å². The van der Waals surface area contributed by atoms with Crippen molar-refractivity contribution in [2.24, 2.45) is 5.41 Å². The number of thioether (sulfide) groups is 1. The molecule has 8 heteroatoms. The van der Waals surface area contributed by atoms with Crippen molar-refractivity contribution in [3.63, 3.8) is 0 Å². The minimum atomic E-state index is -1.42. The largest absolute Gasteiger partial charge is 1.00 e. The fourth-order valence-corrected chi connectivity index (χ4v) is 3.64. The van der Waals surface area contributed by atoms with Gasteiger partial charge in [0.15, 0.2) is 0 Å². The fourth-order valence-electron chi connectivity index (χ4n) is 2.37. The Bertz CT molecular complexity index is 605. The van der Waals surface area contributed by atoms with Crippen molar-refractivity contribution in [3.8, 4) is 0 Å². The van der Waals surface area contributed by atoms with Crippen LogP contribution >= 0.6 is 11.8 Å². The van der Waals surface area contributed by atoms with Gasteiger partial charge in [-0.2, -0.15) is 0 Å². The molecule has 1 fully saturated rings. The number of β-lactam (4-membered cyclic amide) rings is 1. The van der Waals surface area contributed by atoms with Gasteiger partial charge in [-0.1, -0.05) is 26.8 Å². The van der Waals surface area contributed by atoms with E-state index in [9.17, 15) is 19.5 Å². The van der Waals surface area contributed by atoms with Crippen molar-refractivity contribution in [3.05, 3.63) is 22.9 Å². The number of ether oxygens (including phenoxy) is 1. The van der Waals surface area contributed by atoms with E-state index in [1.807, 2.05) is 26.8 Å². The fraction of sp³-hybridized carbons (Fsp3) is 0.533. The average molecular weight is 347 g/mol. The number of allylic oxidation sites excluding steroid dienone is 1. The average Bonchev–Trinajstić information content (AvgIpc) is 2.40. The summed E-state index contributed by atoms with van der Waals surface area (Å²) >= 11 is 1.44. The van der Waals surface area contributed by atoms with Gasteiger partial charge in [-0.3, -0.25) is 14.5 Å². The molecule has 2 heterocycles. The van der Waals surface area contributed by atoms with Gasteiger partial charge in [0.25, 0.3) is 5.91 Å². The number of aliphatic carboxylic acids is 1. The van der Waals surface area contributed by atoms with Gasteiger partial charge in [0.2, 0.25) is 0 Å². The predicted molar refractivity (Wildman–Crippen MR) is 79.3 cm³/mol. The third-order valence-corrected chi connectivity index (χ3v) is 4.48. The van der Waals surface area contributed by atoms with E-state index < -0.39 is 11.9 Å². The van der Waals surface area contributed by atoms with Crippen LogP contribution in [0.5, 0.6) is 0 Å². The molecule has 2 rings (SSSR count). The Hall–Kier alpha value is -0.760. The quantitative estimate of drug-likeness (QED) is 0.242. The van der Waals surface area contributed by atoms with Crippen molar-refractivity contribution in [1.29, 1.82) is 0 Å². The number of fused-ring (bicyclic) bond motifs is 1. The summed E-state index contributed by atoms with van der Waals surface area (Å²) in [5.41, 5.74) is 0.671. The Labute approximate surface area is 161 Å². The monoisotopic (exact) mass is 347 g/mol. The summed E-state index contributed by atoms with van der Waals surface area (Å²) in [4.78, 5) is 35.8. The van der Waals surface area contributed by atoms with Crippen LogP contribution in [0.1, 0.15) is 27.7 Å². The van der Waals surface area contributed by atoms with E-state index in [0.717, 1.165) is 0 Å². The number of carbonyl (C=O) groups excluding carboxylic acids is 3. The maximum absolute atomic E-state index is 12.3. The summed E-state index contributed by atoms with van der Waals surface area (Å²) in [6, 6.07) is 0. The first-order valence-corrected chi connectivity index (χ1v) is 7.91. The normalized spacial score (nSPS) is 22.3. The zero-order valence-corrected chi connectivity index (χ0v) is 16.8. The van der Waals surface area contributed by atoms with Crippen LogP contribution in [-0.4, -0.2) is 40.5 Å². The van der Waals surface area contributed by atoms with Crippen LogP contribution in [-0.2, 0) is 19.1 Å². The van der Waals surface area contributed by atoms with Gasteiger partial charge in [0, 0.05) is 23.8 Å². The summed E-state index contributed by atoms with van der Waals surface area (Å²) in [5.74, 6) is -1.87. The first-order valence-electron chi connectivity index (χ1n) is 6.86. The molecule has 1 atom stereocenters. The summed E-state index contributed by atoms with van der Waals surface area (Å²) in [6.07, 6.45) is 1.87. The number of carbonyl (C=O) groups is 3. The zero-order valence-electron chi connectivity index (χ0n) is 14.0. The maximum atomic E-state index is 12.3. The molecule has 2 aliphatic rings. The van der Waals surface area contributed by atoms with Gasteiger partial charge in [-0.05, 0) is 5.41 Å². The smallest absolute Gasteiger partial charge is 0.543 e. The van der Waals surface area contributed by atoms with Gasteiger partial charge in [0.1, 0.15) is 12.0 Å². The number of nitrogens with zero attached hydrogens (tertiary/aromatic N) is 1. The van der Waals surface area contributed by atoms with Crippen molar-refractivity contribution in [2.75, 3.05) is 12.4 Å². The summed E-state index contributed by atoms with van der Waals surface area (Å²) in [5, 5.41) is 11.1. The molecule has 0 bridgehead atoms. The molecule has 23 heavy (non-hydrogen) atoms. The van der Waals surface area contributed by atoms with Crippen LogP contribution in [0.15, 0.2) is 22.9 Å². The first-order chi connectivity index (χ1) is 10.1. The molecule has 0 unspecified atom stereocenters. The van der Waals surface area contributed by atoms with E-state index >= 15 is 0 Å². The van der Waals surface area contributed by atoms with Crippen molar-refractivity contribution in [1.82, 2.24) is 4.90 Å². The summed E-state index contributed by atoms with van der Waals surface area (Å²) in [7, 11) is 0. The second-order valence-electron chi connectivity index (χ2n) is 6.32. The molecule has 0 aromatic carbocycles. The Morgan fingerprint density at radius 3 is 2.52 bits per heavy atom. The SMILES string of the molecule is CC(=O)OCC1=C(C(=O)[O-])N2C(=O)/C(=C/C(C)(C)C)[C@H]2SC1.[Na+]. The number of hydrogen-bond acceptors (Lipinski definition) is 6. The van der Waals surface area contributed by atoms with Crippen molar-refractivity contribution < 1.29 is 53.8 Å². The van der Waals surface area contributed by atoms with Gasteiger partial charge in [-0.15, -0.1) is 11.8 Å². The minimum absolute atomic E-state index is 0. The first kappa shape index (κ1) is 20.3. The molecule has 0 aromatic rings. The van der Waals surface area contributed by atoms with Gasteiger partial charge in [0.05, 0.1) is 11.7 Å². The Morgan fingerprint density at radius 1 is 1.43 bits per heavy atom. The summed E-state index contributed by atoms with van der Waals surface area (Å²) < 4.78 is 4.86. The molecule has 6 nitrogen and oxygen atoms in total. The van der Waals surface area contributed by atoms with E-state index in [2.05, 4.69) is 0 Å². The van der Waals surface area contributed by atoms with Crippen molar-refractivity contribution in [2.45, 2.75) is 33.1 Å². The van der Waals surface area contributed by atoms with Crippen molar-refractivity contribution >= 4 is 29.6 Å². The number of rotatable bonds is 3. The molecule has 0 N–H and O–H groups in total. The summed E-state index contributed by atoms with van der Waals surface area (Å²) in [6.45, 7) is 7.04. The number of carboxylic acids is 1. The van der Waals surface area contributed by atoms with E-state index in [1.54, 1.807) is 0 Å². The number of carboxylic acid groups (broad SMARTS) is 1. The van der Waals surface area contributed by atoms with Gasteiger partial charge >= 0.3 is 35.5 Å². The Balaban J connectivity index is 0.00000264. The van der Waals surface area contributed by atoms with E-state index in [0.29, 0.717) is 16.9 Å². The predicted octanol–water partition coefficient (Wildman–Crippen LogP) is -2.55. The standard InChI is InChI=1S/C15H19NO5S.Na/c1-8(17)21-6-9-7-22-13-10(5-15(2,3)4)12(18)16(13)11(9)14(19)20;/h5,13H,6-7H2,1-4H3,(H,19,20);/q;+1/p-1/b10-5-;/t13-;/m1./s1. The molecule has 0 spiro atoms. The molecular weight excluding hydrogens is 329 g/mol. The van der Waals surface area contributed by atoms with Crippen LogP contribution in [0.25, 0.3) is 0 Å². The molecule has 1 saturated heterocycles. The Morgan fingerprint density at radius 2 is 2.04 bits per heavy atom. The van der Waals surface area contributed by atoms with E-state index in [4.69, 9.17) is 4.74 Å². The second kappa shape index (κ2) is 7.42. The van der Waals surface area contributed by atoms with Gasteiger partial charge < -0.3 is 14.6 Å². The second-order valence-corrected chi connectivity index (χ2v) is 7.39. The van der Waals surface area contributed by atoms with E-state index in [-0.39, 0.29) is 58.6 Å². The molecule has 0 radical (unpaired) electrons. The van der Waals surface area contributed by atoms with E-state index in [1.165, 1.54) is 23.6 Å². The van der Waals surface area contributed by atoms with Crippen LogP contribution < -0.4 is 34.7 Å². The van der Waals surface area contributed by atoms with Gasteiger partial charge in [-0.25, -0.2) is 0 Å². The molecule has 0 saturated carbocycles. The molecule has 0 aromatic heterocycles. The van der Waals surface area contributed by atoms with Crippen LogP contribution in [0, 0.1) is 5.41 Å². The van der Waals surface area contributed by atoms with Crippen LogP contribution in [0.3, 0.4) is 0 Å². The molecular formula is C15H18NNaO5S. The molecule has 1 amide bonds. The molecule has 0 aliphatic carbocycles. The number of amides is 1. The number of hydrogen-bond donors (Lipinski definition) is 0. The zero-order chi connectivity index (χ0) is 16.7. The Kier molecular flexibility index (Phi) is 6.55. The number of esters is 1. The molecule has 2 aliphatic heterocycles. The van der Waals surface area contributed by atoms with Crippen LogP contribution in [0.4, 0.5) is 0 Å². The topological polar surface area (TPSA) is 86.7 Å².